The average Bonchev–Trinajstić information content (AvgIpc) is 2.52. The number of anilines is 2. The number of nitrogens with one attached hydrogen (secondary N) is 2. The minimum atomic E-state index is -1.77. The normalized spacial score (nSPS) is 29.5. The maximum Gasteiger partial charge on any atom is 0.335 e. The summed E-state index contributed by atoms with van der Waals surface area (Å²) in [5.41, 5.74) is 0. The number of carboxylic acids is 1. The van der Waals surface area contributed by atoms with Crippen molar-refractivity contribution in [3.63, 3.8) is 0 Å². The fraction of sp³-hybridized carbons (Fsp3) is 0.714. The summed E-state index contributed by atoms with van der Waals surface area (Å²) in [5.74, 6) is -1.11. The van der Waals surface area contributed by atoms with Crippen molar-refractivity contribution in [2.45, 2.75) is 57.3 Å². The van der Waals surface area contributed by atoms with E-state index in [0.717, 1.165) is 0 Å². The van der Waals surface area contributed by atoms with Gasteiger partial charge in [-0.3, -0.25) is 0 Å². The van der Waals surface area contributed by atoms with Gasteiger partial charge in [0.15, 0.2) is 11.9 Å². The van der Waals surface area contributed by atoms with Crippen molar-refractivity contribution in [2.75, 3.05) is 17.2 Å². The largest absolute Gasteiger partial charge is 0.479 e. The number of carboxylic acid groups (broad SMARTS) is 1. The molecular weight excluding hydrogens is 334 g/mol. The fourth-order valence-corrected chi connectivity index (χ4v) is 2.38. The highest BCUT2D eigenvalue weighted by atomic mass is 16.6. The SMILES string of the molecule is CCNc1nc(NC(C)C)nc([C@@H]2O[C@@H](C(=O)O)[C@H](O)[C@H](O)[C@@H]2O)n1. The number of nitrogens with zero attached hydrogens (tertiary/aromatic N) is 3. The Morgan fingerprint density at radius 1 is 1.12 bits per heavy atom. The quantitative estimate of drug-likeness (QED) is 0.359. The molecule has 0 aromatic carbocycles. The lowest BCUT2D eigenvalue weighted by atomic mass is 9.94. The smallest absolute Gasteiger partial charge is 0.335 e. The molecule has 25 heavy (non-hydrogen) atoms. The zero-order valence-electron chi connectivity index (χ0n) is 14.1. The van der Waals surface area contributed by atoms with E-state index < -0.39 is 36.5 Å². The third-order valence-corrected chi connectivity index (χ3v) is 3.52. The molecule has 0 saturated carbocycles. The standard InChI is InChI=1S/C14H23N5O6/c1-4-15-13-17-11(18-14(19-13)16-5(2)3)9-7(21)6(20)8(22)10(25-9)12(23)24/h5-10,20-22H,4H2,1-3H3,(H,23,24)(H2,15,16,17,18,19)/t6-,7+,8-,9-,10-/m1/s1. The van der Waals surface area contributed by atoms with Crippen molar-refractivity contribution >= 4 is 17.9 Å². The number of hydrogen-bond donors (Lipinski definition) is 6. The highest BCUT2D eigenvalue weighted by Crippen LogP contribution is 2.31. The number of aliphatic carboxylic acids is 1. The maximum atomic E-state index is 11.2. The Bertz CT molecular complexity index is 615. The summed E-state index contributed by atoms with van der Waals surface area (Å²) in [6.45, 7) is 6.12. The first-order valence-electron chi connectivity index (χ1n) is 7.93. The lowest BCUT2D eigenvalue weighted by Gasteiger charge is -2.38. The number of aliphatic hydroxyl groups is 3. The second-order valence-corrected chi connectivity index (χ2v) is 5.96. The Morgan fingerprint density at radius 2 is 1.76 bits per heavy atom. The van der Waals surface area contributed by atoms with Crippen LogP contribution in [0.2, 0.25) is 0 Å². The van der Waals surface area contributed by atoms with E-state index in [2.05, 4.69) is 25.6 Å². The van der Waals surface area contributed by atoms with E-state index in [-0.39, 0.29) is 23.8 Å². The highest BCUT2D eigenvalue weighted by Gasteiger charge is 2.48. The fourth-order valence-electron chi connectivity index (χ4n) is 2.38. The van der Waals surface area contributed by atoms with Crippen molar-refractivity contribution in [1.29, 1.82) is 0 Å². The van der Waals surface area contributed by atoms with Gasteiger partial charge in [0, 0.05) is 12.6 Å². The van der Waals surface area contributed by atoms with Crippen LogP contribution < -0.4 is 10.6 Å². The molecule has 0 bridgehead atoms. The van der Waals surface area contributed by atoms with Crippen LogP contribution in [0.1, 0.15) is 32.7 Å². The molecule has 0 spiro atoms. The zero-order chi connectivity index (χ0) is 18.7. The Hall–Kier alpha value is -2.08. The van der Waals surface area contributed by atoms with Crippen LogP contribution in [-0.4, -0.2) is 78.3 Å². The molecule has 1 saturated heterocycles. The van der Waals surface area contributed by atoms with Gasteiger partial charge in [0.25, 0.3) is 0 Å². The molecule has 1 fully saturated rings. The van der Waals surface area contributed by atoms with Gasteiger partial charge in [-0.25, -0.2) is 4.79 Å². The topological polar surface area (TPSA) is 170 Å². The van der Waals surface area contributed by atoms with Crippen LogP contribution >= 0.6 is 0 Å². The molecule has 2 heterocycles. The van der Waals surface area contributed by atoms with Gasteiger partial charge in [0.2, 0.25) is 11.9 Å². The van der Waals surface area contributed by atoms with Crippen LogP contribution in [0.15, 0.2) is 0 Å². The molecule has 5 atom stereocenters. The summed E-state index contributed by atoms with van der Waals surface area (Å²) >= 11 is 0. The van der Waals surface area contributed by atoms with Crippen molar-refractivity contribution < 1.29 is 30.0 Å². The number of rotatable bonds is 6. The first kappa shape index (κ1) is 19.2. The minimum Gasteiger partial charge on any atom is -0.479 e. The van der Waals surface area contributed by atoms with Crippen LogP contribution in [0.3, 0.4) is 0 Å². The van der Waals surface area contributed by atoms with E-state index in [1.807, 2.05) is 20.8 Å². The molecular formula is C14H23N5O6. The molecule has 6 N–H and O–H groups in total. The molecule has 0 amide bonds. The van der Waals surface area contributed by atoms with Crippen LogP contribution in [0.25, 0.3) is 0 Å². The monoisotopic (exact) mass is 357 g/mol. The Labute approximate surface area is 144 Å². The highest BCUT2D eigenvalue weighted by molar-refractivity contribution is 5.73. The van der Waals surface area contributed by atoms with Crippen molar-refractivity contribution in [2.24, 2.45) is 0 Å². The van der Waals surface area contributed by atoms with Crippen molar-refractivity contribution in [3.8, 4) is 0 Å². The first-order chi connectivity index (χ1) is 11.7. The first-order valence-corrected chi connectivity index (χ1v) is 7.93. The molecule has 11 heteroatoms. The second kappa shape index (κ2) is 7.87. The van der Waals surface area contributed by atoms with E-state index in [0.29, 0.717) is 6.54 Å². The molecule has 140 valence electrons. The van der Waals surface area contributed by atoms with Gasteiger partial charge in [-0.2, -0.15) is 15.0 Å². The minimum absolute atomic E-state index is 0.0149. The zero-order valence-corrected chi connectivity index (χ0v) is 14.1. The van der Waals surface area contributed by atoms with Crippen LogP contribution in [-0.2, 0) is 9.53 Å². The summed E-state index contributed by atoms with van der Waals surface area (Å²) in [6.07, 6.45) is -8.15. The van der Waals surface area contributed by atoms with E-state index >= 15 is 0 Å². The van der Waals surface area contributed by atoms with Gasteiger partial charge in [0.05, 0.1) is 0 Å². The predicted octanol–water partition coefficient (Wildman–Crippen LogP) is -1.27. The number of aliphatic hydroxyl groups excluding tert-OH is 3. The van der Waals surface area contributed by atoms with Crippen molar-refractivity contribution in [1.82, 2.24) is 15.0 Å². The number of carbonyl (C=O) groups is 1. The molecule has 1 aliphatic rings. The second-order valence-electron chi connectivity index (χ2n) is 5.96. The molecule has 1 aromatic heterocycles. The third kappa shape index (κ3) is 4.31. The summed E-state index contributed by atoms with van der Waals surface area (Å²) < 4.78 is 5.25. The van der Waals surface area contributed by atoms with Gasteiger partial charge in [0.1, 0.15) is 24.4 Å². The Balaban J connectivity index is 2.39. The lowest BCUT2D eigenvalue weighted by molar-refractivity contribution is -0.231. The molecule has 2 rings (SSSR count). The van der Waals surface area contributed by atoms with Gasteiger partial charge in [-0.15, -0.1) is 0 Å². The molecule has 11 nitrogen and oxygen atoms in total. The van der Waals surface area contributed by atoms with E-state index in [1.165, 1.54) is 0 Å². The van der Waals surface area contributed by atoms with Gasteiger partial charge < -0.3 is 35.8 Å². The summed E-state index contributed by atoms with van der Waals surface area (Å²) in [7, 11) is 0. The summed E-state index contributed by atoms with van der Waals surface area (Å²) in [4.78, 5) is 23.6. The lowest BCUT2D eigenvalue weighted by Crippen LogP contribution is -2.56. The average molecular weight is 357 g/mol. The van der Waals surface area contributed by atoms with Gasteiger partial charge in [-0.1, -0.05) is 0 Å². The Morgan fingerprint density at radius 3 is 2.32 bits per heavy atom. The molecule has 1 aromatic rings. The van der Waals surface area contributed by atoms with Crippen LogP contribution in [0, 0.1) is 0 Å². The third-order valence-electron chi connectivity index (χ3n) is 3.52. The molecule has 0 radical (unpaired) electrons. The summed E-state index contributed by atoms with van der Waals surface area (Å²) in [5, 5.41) is 44.9. The van der Waals surface area contributed by atoms with E-state index in [1.54, 1.807) is 0 Å². The maximum absolute atomic E-state index is 11.2. The molecule has 1 aliphatic heterocycles. The number of aromatic nitrogens is 3. The number of ether oxygens (including phenoxy) is 1. The predicted molar refractivity (Wildman–Crippen MR) is 86.0 cm³/mol. The summed E-state index contributed by atoms with van der Waals surface area (Å²) in [6, 6.07) is 0.0149. The molecule has 0 aliphatic carbocycles. The number of hydrogen-bond acceptors (Lipinski definition) is 10. The van der Waals surface area contributed by atoms with E-state index in [4.69, 9.17) is 9.84 Å². The Kier molecular flexibility index (Phi) is 6.06. The van der Waals surface area contributed by atoms with Gasteiger partial charge >= 0.3 is 5.97 Å². The van der Waals surface area contributed by atoms with Gasteiger partial charge in [-0.05, 0) is 20.8 Å². The van der Waals surface area contributed by atoms with Crippen LogP contribution in [0.5, 0.6) is 0 Å². The van der Waals surface area contributed by atoms with E-state index in [9.17, 15) is 20.1 Å². The van der Waals surface area contributed by atoms with Crippen LogP contribution in [0.4, 0.5) is 11.9 Å². The van der Waals surface area contributed by atoms with Crippen molar-refractivity contribution in [3.05, 3.63) is 5.82 Å². The molecule has 0 unspecified atom stereocenters.